The molecular weight excluding hydrogens is 244 g/mol. The first-order valence-electron chi connectivity index (χ1n) is 7.13. The van der Waals surface area contributed by atoms with Crippen LogP contribution in [0.15, 0.2) is 0 Å². The van der Waals surface area contributed by atoms with E-state index in [9.17, 15) is 9.59 Å². The third-order valence-corrected chi connectivity index (χ3v) is 4.34. The zero-order valence-electron chi connectivity index (χ0n) is 12.1. The van der Waals surface area contributed by atoms with Gasteiger partial charge in [0.25, 0.3) is 0 Å². The van der Waals surface area contributed by atoms with Gasteiger partial charge in [-0.05, 0) is 19.8 Å². The van der Waals surface area contributed by atoms with Crippen LogP contribution in [0.5, 0.6) is 0 Å². The molecule has 0 radical (unpaired) electrons. The highest BCUT2D eigenvalue weighted by Crippen LogP contribution is 2.32. The largest absolute Gasteiger partial charge is 0.375 e. The van der Waals surface area contributed by atoms with Gasteiger partial charge in [-0.25, -0.2) is 0 Å². The van der Waals surface area contributed by atoms with E-state index >= 15 is 0 Å². The van der Waals surface area contributed by atoms with Gasteiger partial charge in [-0.2, -0.15) is 0 Å². The van der Waals surface area contributed by atoms with E-state index in [1.54, 1.807) is 14.0 Å². The molecule has 1 aliphatic carbocycles. The fraction of sp³-hybridized carbons (Fsp3) is 0.857. The molecule has 0 bridgehead atoms. The van der Waals surface area contributed by atoms with Crippen LogP contribution in [-0.2, 0) is 14.3 Å². The number of methoxy groups -OCH3 is 1. The lowest BCUT2D eigenvalue weighted by molar-refractivity contribution is -0.155. The first-order chi connectivity index (χ1) is 9.06. The molecule has 1 aliphatic heterocycles. The minimum absolute atomic E-state index is 0.0504. The van der Waals surface area contributed by atoms with E-state index in [0.29, 0.717) is 6.54 Å². The van der Waals surface area contributed by atoms with Crippen molar-refractivity contribution in [3.05, 3.63) is 0 Å². The molecule has 0 N–H and O–H groups in total. The summed E-state index contributed by atoms with van der Waals surface area (Å²) in [6.07, 6.45) is 4.28. The lowest BCUT2D eigenvalue weighted by Gasteiger charge is -2.52. The van der Waals surface area contributed by atoms with Crippen LogP contribution in [0, 0.1) is 0 Å². The molecule has 2 rings (SSSR count). The highest BCUT2D eigenvalue weighted by molar-refractivity contribution is 5.79. The highest BCUT2D eigenvalue weighted by Gasteiger charge is 2.43. The second kappa shape index (κ2) is 5.90. The van der Waals surface area contributed by atoms with E-state index in [4.69, 9.17) is 4.74 Å². The van der Waals surface area contributed by atoms with Crippen molar-refractivity contribution in [2.45, 2.75) is 57.7 Å². The van der Waals surface area contributed by atoms with E-state index in [1.165, 1.54) is 0 Å². The topological polar surface area (TPSA) is 49.9 Å². The van der Waals surface area contributed by atoms with Crippen LogP contribution in [0.25, 0.3) is 0 Å². The Bertz CT molecular complexity index is 359. The molecule has 1 saturated heterocycles. The number of amides is 2. The summed E-state index contributed by atoms with van der Waals surface area (Å²) < 4.78 is 4.97. The zero-order valence-corrected chi connectivity index (χ0v) is 12.1. The second-order valence-electron chi connectivity index (χ2n) is 5.67. The van der Waals surface area contributed by atoms with Crippen LogP contribution in [-0.4, -0.2) is 60.0 Å². The summed E-state index contributed by atoms with van der Waals surface area (Å²) in [5.41, 5.74) is 0. The van der Waals surface area contributed by atoms with Gasteiger partial charge in [0, 0.05) is 26.6 Å². The van der Waals surface area contributed by atoms with Crippen molar-refractivity contribution in [2.75, 3.05) is 20.3 Å². The van der Waals surface area contributed by atoms with Gasteiger partial charge < -0.3 is 14.5 Å². The Labute approximate surface area is 114 Å². The number of nitrogens with zero attached hydrogens (tertiary/aromatic N) is 2. The number of hydrogen-bond acceptors (Lipinski definition) is 3. The first kappa shape index (κ1) is 14.3. The average molecular weight is 268 g/mol. The molecule has 19 heavy (non-hydrogen) atoms. The Morgan fingerprint density at radius 1 is 1.21 bits per heavy atom. The Morgan fingerprint density at radius 3 is 2.42 bits per heavy atom. The third kappa shape index (κ3) is 2.76. The quantitative estimate of drug-likeness (QED) is 0.751. The molecule has 0 aromatic carbocycles. The standard InChI is InChI=1S/C14H24N2O3/c1-10-8-15(14(18)9-19-3)12-6-4-5-7-13(12)16(10)11(2)17/h10,12-13H,4-9H2,1-3H3/t10-,12?,13?/m0/s1. The van der Waals surface area contributed by atoms with Crippen LogP contribution in [0.3, 0.4) is 0 Å². The van der Waals surface area contributed by atoms with E-state index < -0.39 is 0 Å². The molecule has 2 aliphatic rings. The SMILES string of the molecule is COCC(=O)N1C[C@H](C)N(C(C)=O)C2CCCCC21. The smallest absolute Gasteiger partial charge is 0.248 e. The van der Waals surface area contributed by atoms with Gasteiger partial charge in [0.1, 0.15) is 6.61 Å². The number of ether oxygens (including phenoxy) is 1. The van der Waals surface area contributed by atoms with Crippen molar-refractivity contribution in [1.29, 1.82) is 0 Å². The molecule has 3 atom stereocenters. The number of fused-ring (bicyclic) bond motifs is 1. The maximum Gasteiger partial charge on any atom is 0.248 e. The summed E-state index contributed by atoms with van der Waals surface area (Å²) in [5, 5.41) is 0. The third-order valence-electron chi connectivity index (χ3n) is 4.34. The summed E-state index contributed by atoms with van der Waals surface area (Å²) in [6.45, 7) is 4.42. The van der Waals surface area contributed by atoms with E-state index in [0.717, 1.165) is 25.7 Å². The van der Waals surface area contributed by atoms with Crippen molar-refractivity contribution in [1.82, 2.24) is 9.80 Å². The van der Waals surface area contributed by atoms with Gasteiger partial charge in [0.15, 0.2) is 0 Å². The van der Waals surface area contributed by atoms with Crippen LogP contribution >= 0.6 is 0 Å². The predicted octanol–water partition coefficient (Wildman–Crippen LogP) is 1.02. The molecule has 2 amide bonds. The van der Waals surface area contributed by atoms with Gasteiger partial charge in [0.2, 0.25) is 11.8 Å². The summed E-state index contributed by atoms with van der Waals surface area (Å²) >= 11 is 0. The Kier molecular flexibility index (Phi) is 4.45. The van der Waals surface area contributed by atoms with Gasteiger partial charge in [-0.3, -0.25) is 9.59 Å². The molecule has 5 heteroatoms. The molecule has 0 aromatic rings. The van der Waals surface area contributed by atoms with Crippen LogP contribution in [0.1, 0.15) is 39.5 Å². The number of carbonyl (C=O) groups is 2. The fourth-order valence-electron chi connectivity index (χ4n) is 3.65. The Balaban J connectivity index is 2.20. The number of rotatable bonds is 2. The summed E-state index contributed by atoms with van der Waals surface area (Å²) in [5.74, 6) is 0.178. The van der Waals surface area contributed by atoms with Gasteiger partial charge >= 0.3 is 0 Å². The molecule has 0 spiro atoms. The summed E-state index contributed by atoms with van der Waals surface area (Å²) in [4.78, 5) is 28.0. The molecule has 1 saturated carbocycles. The van der Waals surface area contributed by atoms with E-state index in [-0.39, 0.29) is 36.5 Å². The predicted molar refractivity (Wildman–Crippen MR) is 71.6 cm³/mol. The molecule has 2 unspecified atom stereocenters. The molecule has 1 heterocycles. The maximum atomic E-state index is 12.2. The molecular formula is C14H24N2O3. The number of hydrogen-bond donors (Lipinski definition) is 0. The van der Waals surface area contributed by atoms with Crippen molar-refractivity contribution < 1.29 is 14.3 Å². The monoisotopic (exact) mass is 268 g/mol. The summed E-state index contributed by atoms with van der Waals surface area (Å²) in [7, 11) is 1.55. The summed E-state index contributed by atoms with van der Waals surface area (Å²) in [6, 6.07) is 0.463. The van der Waals surface area contributed by atoms with Gasteiger partial charge in [-0.1, -0.05) is 12.8 Å². The number of piperazine rings is 1. The minimum Gasteiger partial charge on any atom is -0.375 e. The van der Waals surface area contributed by atoms with Crippen LogP contribution in [0.4, 0.5) is 0 Å². The zero-order chi connectivity index (χ0) is 14.0. The molecule has 0 aromatic heterocycles. The molecule has 5 nitrogen and oxygen atoms in total. The van der Waals surface area contributed by atoms with E-state index in [1.807, 2.05) is 16.7 Å². The second-order valence-corrected chi connectivity index (χ2v) is 5.67. The first-order valence-corrected chi connectivity index (χ1v) is 7.13. The molecule has 2 fully saturated rings. The maximum absolute atomic E-state index is 12.2. The lowest BCUT2D eigenvalue weighted by Crippen LogP contribution is -2.66. The van der Waals surface area contributed by atoms with E-state index in [2.05, 4.69) is 0 Å². The fourth-order valence-corrected chi connectivity index (χ4v) is 3.65. The highest BCUT2D eigenvalue weighted by atomic mass is 16.5. The van der Waals surface area contributed by atoms with Crippen molar-refractivity contribution in [2.24, 2.45) is 0 Å². The Hall–Kier alpha value is -1.10. The van der Waals surface area contributed by atoms with Crippen molar-refractivity contribution >= 4 is 11.8 Å². The van der Waals surface area contributed by atoms with Crippen LogP contribution in [0.2, 0.25) is 0 Å². The average Bonchev–Trinajstić information content (AvgIpc) is 2.37. The van der Waals surface area contributed by atoms with Crippen molar-refractivity contribution in [3.8, 4) is 0 Å². The lowest BCUT2D eigenvalue weighted by atomic mass is 9.84. The Morgan fingerprint density at radius 2 is 1.84 bits per heavy atom. The number of carbonyl (C=O) groups excluding carboxylic acids is 2. The molecule has 108 valence electrons. The minimum atomic E-state index is 0.0504. The van der Waals surface area contributed by atoms with Gasteiger partial charge in [-0.15, -0.1) is 0 Å². The van der Waals surface area contributed by atoms with Gasteiger partial charge in [0.05, 0.1) is 12.1 Å². The van der Waals surface area contributed by atoms with Crippen LogP contribution < -0.4 is 0 Å². The normalized spacial score (nSPS) is 31.0. The van der Waals surface area contributed by atoms with Crippen molar-refractivity contribution in [3.63, 3.8) is 0 Å².